The van der Waals surface area contributed by atoms with E-state index in [9.17, 15) is 5.26 Å². The van der Waals surface area contributed by atoms with Crippen LogP contribution in [0.3, 0.4) is 0 Å². The van der Waals surface area contributed by atoms with Gasteiger partial charge in [0.2, 0.25) is 0 Å². The molecule has 0 aliphatic carbocycles. The molecular formula is C68H54FIrN4. The number of halogens is 1. The van der Waals surface area contributed by atoms with Crippen molar-refractivity contribution < 1.29 is 28.6 Å². The van der Waals surface area contributed by atoms with E-state index >= 15 is 4.39 Å². The Morgan fingerprint density at radius 2 is 1.08 bits per heavy atom. The maximum Gasteiger partial charge on any atom is 3.00 e. The van der Waals surface area contributed by atoms with Gasteiger partial charge in [-0.2, -0.15) is 5.26 Å². The summed E-state index contributed by atoms with van der Waals surface area (Å²) in [6, 6.07) is 71.2. The Balaban J connectivity index is 0.00000722. The van der Waals surface area contributed by atoms with Crippen LogP contribution in [0.2, 0.25) is 0 Å². The molecule has 7 aromatic carbocycles. The minimum Gasteiger partial charge on any atom is -0.305 e. The molecule has 74 heavy (non-hydrogen) atoms. The van der Waals surface area contributed by atoms with Crippen LogP contribution in [-0.2, 0) is 52.2 Å². The summed E-state index contributed by atoms with van der Waals surface area (Å²) in [6.07, 6.45) is 8.72. The van der Waals surface area contributed by atoms with E-state index in [4.69, 9.17) is 4.11 Å². The SMILES string of the molecule is [2H]C([2H])([2H])c1ccc(-c2[c-]cc(-c3ccccc3-c3cc(CCc4c[c-]c(-c5ccccn5)cc4)cc(CCc4c[c-]c(-c5ccccn5)cc4)c3)c(-c3ccc(-c4ccc(C#N)c(CC(C)(C)C)c4F)cc3)c2)nc1.[Ir+3]. The number of hydrogen-bond acceptors (Lipinski definition) is 4. The summed E-state index contributed by atoms with van der Waals surface area (Å²) < 4.78 is 40.3. The third kappa shape index (κ3) is 11.9. The average Bonchev–Trinajstić information content (AvgIpc) is 3.45. The summed E-state index contributed by atoms with van der Waals surface area (Å²) in [7, 11) is 0. The average molecular weight is 1140 g/mol. The van der Waals surface area contributed by atoms with Gasteiger partial charge in [-0.1, -0.05) is 159 Å². The Hall–Kier alpha value is -7.94. The van der Waals surface area contributed by atoms with Crippen molar-refractivity contribution in [3.63, 3.8) is 0 Å². The normalized spacial score (nSPS) is 12.0. The van der Waals surface area contributed by atoms with Crippen molar-refractivity contribution in [2.45, 2.75) is 59.7 Å². The van der Waals surface area contributed by atoms with Gasteiger partial charge in [-0.25, -0.2) is 4.39 Å². The largest absolute Gasteiger partial charge is 3.00 e. The molecule has 0 bridgehead atoms. The maximum absolute atomic E-state index is 16.5. The van der Waals surface area contributed by atoms with E-state index in [1.54, 1.807) is 36.7 Å². The number of nitriles is 1. The van der Waals surface area contributed by atoms with Crippen molar-refractivity contribution in [2.24, 2.45) is 5.41 Å². The van der Waals surface area contributed by atoms with Gasteiger partial charge in [-0.05, 0) is 106 Å². The van der Waals surface area contributed by atoms with Crippen LogP contribution in [0, 0.1) is 47.6 Å². The summed E-state index contributed by atoms with van der Waals surface area (Å²) in [6.45, 7) is 3.83. The number of nitrogens with zero attached hydrogens (tertiary/aromatic N) is 4. The van der Waals surface area contributed by atoms with Gasteiger partial charge in [-0.15, -0.1) is 94.5 Å². The van der Waals surface area contributed by atoms with Gasteiger partial charge in [0.15, 0.2) is 0 Å². The van der Waals surface area contributed by atoms with E-state index < -0.39 is 6.85 Å². The second-order valence-corrected chi connectivity index (χ2v) is 19.7. The van der Waals surface area contributed by atoms with Crippen molar-refractivity contribution in [3.8, 4) is 84.3 Å². The molecule has 0 unspecified atom stereocenters. The topological polar surface area (TPSA) is 62.5 Å². The first-order valence-electron chi connectivity index (χ1n) is 26.2. The van der Waals surface area contributed by atoms with Crippen LogP contribution in [0.15, 0.2) is 195 Å². The van der Waals surface area contributed by atoms with Crippen molar-refractivity contribution in [3.05, 3.63) is 257 Å². The summed E-state index contributed by atoms with van der Waals surface area (Å²) in [4.78, 5) is 13.6. The Bertz CT molecular complexity index is 3580. The van der Waals surface area contributed by atoms with Gasteiger partial charge in [0, 0.05) is 33.8 Å². The van der Waals surface area contributed by atoms with Crippen LogP contribution in [0.5, 0.6) is 0 Å². The minimum atomic E-state index is -2.29. The summed E-state index contributed by atoms with van der Waals surface area (Å²) >= 11 is 0. The number of hydrogen-bond donors (Lipinski definition) is 0. The molecule has 3 heterocycles. The second kappa shape index (κ2) is 22.9. The first-order chi connectivity index (χ1) is 36.8. The van der Waals surface area contributed by atoms with Crippen molar-refractivity contribution in [1.29, 1.82) is 5.26 Å². The molecule has 0 saturated heterocycles. The molecule has 362 valence electrons. The molecule has 6 heteroatoms. The molecule has 0 amide bonds. The minimum absolute atomic E-state index is 0. The molecule has 0 aliphatic heterocycles. The molecule has 4 nitrogen and oxygen atoms in total. The fourth-order valence-electron chi connectivity index (χ4n) is 9.48. The molecular weight excluding hydrogens is 1080 g/mol. The first kappa shape index (κ1) is 47.1. The third-order valence-corrected chi connectivity index (χ3v) is 13.2. The summed E-state index contributed by atoms with van der Waals surface area (Å²) in [5, 5.41) is 9.91. The fraction of sp³-hybridized carbons (Fsp3) is 0.147. The summed E-state index contributed by atoms with van der Waals surface area (Å²) in [5.74, 6) is -0.380. The van der Waals surface area contributed by atoms with E-state index in [1.165, 1.54) is 28.5 Å². The fourth-order valence-corrected chi connectivity index (χ4v) is 9.48. The third-order valence-electron chi connectivity index (χ3n) is 13.2. The molecule has 0 aliphatic rings. The van der Waals surface area contributed by atoms with Crippen LogP contribution in [0.25, 0.3) is 78.3 Å². The van der Waals surface area contributed by atoms with E-state index in [-0.39, 0.29) is 36.9 Å². The number of aryl methyl sites for hydroxylation is 5. The number of pyridine rings is 3. The zero-order valence-electron chi connectivity index (χ0n) is 44.5. The quantitative estimate of drug-likeness (QED) is 0.102. The predicted molar refractivity (Wildman–Crippen MR) is 295 cm³/mol. The van der Waals surface area contributed by atoms with Gasteiger partial charge in [-0.3, -0.25) is 0 Å². The van der Waals surface area contributed by atoms with E-state index in [0.717, 1.165) is 81.6 Å². The van der Waals surface area contributed by atoms with Crippen molar-refractivity contribution in [1.82, 2.24) is 15.0 Å². The predicted octanol–water partition coefficient (Wildman–Crippen LogP) is 16.4. The molecule has 10 aromatic rings. The van der Waals surface area contributed by atoms with Gasteiger partial charge in [0.25, 0.3) is 0 Å². The second-order valence-electron chi connectivity index (χ2n) is 19.7. The van der Waals surface area contributed by atoms with Crippen LogP contribution in [0.1, 0.15) is 63.8 Å². The van der Waals surface area contributed by atoms with E-state index in [0.29, 0.717) is 39.9 Å². The van der Waals surface area contributed by atoms with Gasteiger partial charge >= 0.3 is 20.1 Å². The van der Waals surface area contributed by atoms with Gasteiger partial charge in [0.05, 0.1) is 11.6 Å². The Kier molecular flexibility index (Phi) is 14.5. The van der Waals surface area contributed by atoms with Crippen LogP contribution in [-0.4, -0.2) is 15.0 Å². The zero-order chi connectivity index (χ0) is 52.8. The smallest absolute Gasteiger partial charge is 0.305 e. The Labute approximate surface area is 453 Å². The van der Waals surface area contributed by atoms with Crippen LogP contribution in [0.4, 0.5) is 4.39 Å². The molecule has 0 radical (unpaired) electrons. The molecule has 0 atom stereocenters. The monoisotopic (exact) mass is 1140 g/mol. The molecule has 0 spiro atoms. The van der Waals surface area contributed by atoms with Crippen LogP contribution < -0.4 is 0 Å². The molecule has 0 fully saturated rings. The number of rotatable bonds is 14. The Morgan fingerprint density at radius 1 is 0.514 bits per heavy atom. The standard InChI is InChI=1S/C68H54FN4.Ir/c1-46-15-36-66(73-45-46)55-32-35-61(62(42-55)52-30-28-51(29-31-52)59-34-33-56(44-70)63(67(59)69)43-68(2,3)4)60-12-6-5-11-58(60)57-40-49(18-16-47-20-24-53(25-21-47)64-13-7-9-37-71-64)39-50(41-57)19-17-48-22-26-54(27-23-48)65-14-8-10-38-72-65;/h5-15,20-24,26,28-31,33-42,45H,16-19,43H2,1-4H3;/q-3;+3/i1D3;. The van der Waals surface area contributed by atoms with Crippen LogP contribution >= 0.6 is 0 Å². The van der Waals surface area contributed by atoms with Gasteiger partial charge in [0.1, 0.15) is 5.82 Å². The Morgan fingerprint density at radius 3 is 1.61 bits per heavy atom. The number of aromatic nitrogens is 3. The first-order valence-corrected chi connectivity index (χ1v) is 24.7. The van der Waals surface area contributed by atoms with Crippen molar-refractivity contribution in [2.75, 3.05) is 0 Å². The van der Waals surface area contributed by atoms with Gasteiger partial charge < -0.3 is 15.0 Å². The van der Waals surface area contributed by atoms with E-state index in [2.05, 4.69) is 124 Å². The van der Waals surface area contributed by atoms with E-state index in [1.807, 2.05) is 87.5 Å². The molecule has 0 N–H and O–H groups in total. The zero-order valence-corrected chi connectivity index (χ0v) is 43.9. The molecule has 3 aromatic heterocycles. The molecule has 10 rings (SSSR count). The summed E-state index contributed by atoms with van der Waals surface area (Å²) in [5.41, 5.74) is 17.5. The molecule has 0 saturated carbocycles. The maximum atomic E-state index is 16.5. The number of benzene rings is 7. The van der Waals surface area contributed by atoms with Crippen molar-refractivity contribution >= 4 is 0 Å².